The van der Waals surface area contributed by atoms with E-state index in [0.717, 1.165) is 17.3 Å². The van der Waals surface area contributed by atoms with Gasteiger partial charge in [-0.2, -0.15) is 18.3 Å². The first kappa shape index (κ1) is 18.0. The third-order valence-corrected chi connectivity index (χ3v) is 4.09. The summed E-state index contributed by atoms with van der Waals surface area (Å²) in [6, 6.07) is 6.33. The molecule has 2 amide bonds. The number of nitrogens with one attached hydrogen (secondary N) is 1. The number of aryl methyl sites for hydroxylation is 2. The summed E-state index contributed by atoms with van der Waals surface area (Å²) in [7, 11) is 0. The Kier molecular flexibility index (Phi) is 4.71. The second-order valence-corrected chi connectivity index (χ2v) is 6.07. The van der Waals surface area contributed by atoms with E-state index >= 15 is 0 Å². The number of rotatable bonds is 3. The van der Waals surface area contributed by atoms with Crippen LogP contribution in [0.5, 0.6) is 5.75 Å². The zero-order valence-electron chi connectivity index (χ0n) is 14.2. The lowest BCUT2D eigenvalue weighted by Crippen LogP contribution is -2.57. The molecular weight excluding hydrogens is 349 g/mol. The lowest BCUT2D eigenvalue weighted by atomic mass is 10.1. The first-order valence-electron chi connectivity index (χ1n) is 7.94. The van der Waals surface area contributed by atoms with Gasteiger partial charge in [-0.15, -0.1) is 5.10 Å². The molecule has 1 N–H and O–H groups in total. The van der Waals surface area contributed by atoms with Gasteiger partial charge in [0.25, 0.3) is 0 Å². The fraction of sp³-hybridized carbons (Fsp3) is 0.353. The zero-order valence-corrected chi connectivity index (χ0v) is 14.2. The number of carbonyl (C=O) groups is 1. The minimum Gasteiger partial charge on any atom is -0.486 e. The second kappa shape index (κ2) is 6.81. The maximum Gasteiger partial charge on any atom is 0.419 e. The van der Waals surface area contributed by atoms with Crippen molar-refractivity contribution in [1.82, 2.24) is 15.1 Å². The molecule has 0 atom stereocenters. The number of likely N-dealkylation sites (tertiary alicyclic amines) is 1. The molecule has 6 nitrogen and oxygen atoms in total. The van der Waals surface area contributed by atoms with E-state index in [1.807, 2.05) is 13.8 Å². The number of ether oxygens (including phenoxy) is 1. The van der Waals surface area contributed by atoms with Crippen LogP contribution in [-0.4, -0.2) is 40.3 Å². The molecular formula is C17H17F3N4O2. The lowest BCUT2D eigenvalue weighted by Gasteiger charge is -2.39. The van der Waals surface area contributed by atoms with Crippen molar-refractivity contribution in [2.45, 2.75) is 26.1 Å². The third-order valence-electron chi connectivity index (χ3n) is 4.09. The molecule has 2 heterocycles. The third kappa shape index (κ3) is 3.87. The van der Waals surface area contributed by atoms with Crippen LogP contribution < -0.4 is 10.1 Å². The number of hydrogen-bond donors (Lipinski definition) is 1. The number of alkyl halides is 3. The number of amides is 2. The van der Waals surface area contributed by atoms with Crippen LogP contribution >= 0.6 is 0 Å². The average Bonchev–Trinajstić information content (AvgIpc) is 2.53. The molecule has 1 saturated heterocycles. The van der Waals surface area contributed by atoms with Crippen molar-refractivity contribution >= 4 is 11.8 Å². The van der Waals surface area contributed by atoms with Crippen LogP contribution in [0.2, 0.25) is 0 Å². The summed E-state index contributed by atoms with van der Waals surface area (Å²) >= 11 is 0. The number of nitrogens with zero attached hydrogens (tertiary/aromatic N) is 3. The van der Waals surface area contributed by atoms with Gasteiger partial charge in [0, 0.05) is 0 Å². The Morgan fingerprint density at radius 3 is 2.58 bits per heavy atom. The summed E-state index contributed by atoms with van der Waals surface area (Å²) in [5.41, 5.74) is 0.834. The quantitative estimate of drug-likeness (QED) is 0.904. The summed E-state index contributed by atoms with van der Waals surface area (Å²) in [5.74, 6) is 0.0926. The van der Waals surface area contributed by atoms with Crippen molar-refractivity contribution in [2.24, 2.45) is 0 Å². The molecule has 26 heavy (non-hydrogen) atoms. The molecule has 9 heteroatoms. The van der Waals surface area contributed by atoms with E-state index in [2.05, 4.69) is 15.5 Å². The normalized spacial score (nSPS) is 14.7. The van der Waals surface area contributed by atoms with Crippen molar-refractivity contribution in [2.75, 3.05) is 18.4 Å². The van der Waals surface area contributed by atoms with E-state index < -0.39 is 23.9 Å². The number of halogens is 3. The molecule has 138 valence electrons. The SMILES string of the molecule is Cc1cc(NC(=O)N2CC(Oc3ccccc3C(F)(F)F)C2)nnc1C. The Labute approximate surface area is 148 Å². The number of hydrogen-bond acceptors (Lipinski definition) is 4. The fourth-order valence-corrected chi connectivity index (χ4v) is 2.46. The largest absolute Gasteiger partial charge is 0.486 e. The molecule has 1 aliphatic heterocycles. The van der Waals surface area contributed by atoms with Gasteiger partial charge in [0.1, 0.15) is 11.9 Å². The van der Waals surface area contributed by atoms with E-state index in [1.54, 1.807) is 6.07 Å². The van der Waals surface area contributed by atoms with Crippen LogP contribution in [0.4, 0.5) is 23.8 Å². The predicted molar refractivity (Wildman–Crippen MR) is 88.0 cm³/mol. The van der Waals surface area contributed by atoms with Crippen molar-refractivity contribution in [3.8, 4) is 5.75 Å². The van der Waals surface area contributed by atoms with Gasteiger partial charge in [0.2, 0.25) is 0 Å². The molecule has 1 aromatic carbocycles. The van der Waals surface area contributed by atoms with Crippen LogP contribution in [-0.2, 0) is 6.18 Å². The van der Waals surface area contributed by atoms with Gasteiger partial charge >= 0.3 is 12.2 Å². The molecule has 0 aliphatic carbocycles. The van der Waals surface area contributed by atoms with E-state index in [9.17, 15) is 18.0 Å². The van der Waals surface area contributed by atoms with Crippen molar-refractivity contribution in [3.63, 3.8) is 0 Å². The summed E-state index contributed by atoms with van der Waals surface area (Å²) in [6.45, 7) is 4.04. The minimum atomic E-state index is -4.49. The van der Waals surface area contributed by atoms with Crippen LogP contribution in [0.1, 0.15) is 16.8 Å². The first-order chi connectivity index (χ1) is 12.2. The highest BCUT2D eigenvalue weighted by Crippen LogP contribution is 2.36. The monoisotopic (exact) mass is 366 g/mol. The Morgan fingerprint density at radius 2 is 1.92 bits per heavy atom. The summed E-state index contributed by atoms with van der Waals surface area (Å²) < 4.78 is 44.3. The number of carbonyl (C=O) groups excluding carboxylic acids is 1. The molecule has 0 spiro atoms. The van der Waals surface area contributed by atoms with Crippen molar-refractivity contribution in [1.29, 1.82) is 0 Å². The van der Waals surface area contributed by atoms with Gasteiger partial charge in [0.05, 0.1) is 24.3 Å². The highest BCUT2D eigenvalue weighted by molar-refractivity contribution is 5.88. The Morgan fingerprint density at radius 1 is 1.23 bits per heavy atom. The number of aromatic nitrogens is 2. The number of para-hydroxylation sites is 1. The predicted octanol–water partition coefficient (Wildman–Crippen LogP) is 3.41. The first-order valence-corrected chi connectivity index (χ1v) is 7.94. The summed E-state index contributed by atoms with van der Waals surface area (Å²) in [6.07, 6.45) is -4.98. The fourth-order valence-electron chi connectivity index (χ4n) is 2.46. The van der Waals surface area contributed by atoms with Crippen LogP contribution in [0.3, 0.4) is 0 Å². The van der Waals surface area contributed by atoms with Crippen LogP contribution in [0, 0.1) is 13.8 Å². The van der Waals surface area contributed by atoms with Gasteiger partial charge < -0.3 is 9.64 Å². The second-order valence-electron chi connectivity index (χ2n) is 6.07. The molecule has 0 radical (unpaired) electrons. The molecule has 1 aromatic heterocycles. The van der Waals surface area contributed by atoms with Gasteiger partial charge in [-0.1, -0.05) is 12.1 Å². The molecule has 3 rings (SSSR count). The van der Waals surface area contributed by atoms with E-state index in [0.29, 0.717) is 5.82 Å². The van der Waals surface area contributed by atoms with Gasteiger partial charge in [-0.3, -0.25) is 5.32 Å². The van der Waals surface area contributed by atoms with E-state index in [-0.39, 0.29) is 18.8 Å². The lowest BCUT2D eigenvalue weighted by molar-refractivity contribution is -0.139. The Hall–Kier alpha value is -2.84. The number of benzene rings is 1. The van der Waals surface area contributed by atoms with Crippen LogP contribution in [0.25, 0.3) is 0 Å². The summed E-state index contributed by atoms with van der Waals surface area (Å²) in [4.78, 5) is 13.6. The maximum atomic E-state index is 13.0. The molecule has 0 bridgehead atoms. The zero-order chi connectivity index (χ0) is 18.9. The molecule has 1 aliphatic rings. The van der Waals surface area contributed by atoms with Crippen LogP contribution in [0.15, 0.2) is 30.3 Å². The molecule has 1 fully saturated rings. The minimum absolute atomic E-state index is 0.191. The highest BCUT2D eigenvalue weighted by atomic mass is 19.4. The van der Waals surface area contributed by atoms with E-state index in [4.69, 9.17) is 4.74 Å². The number of urea groups is 1. The number of anilines is 1. The molecule has 0 saturated carbocycles. The topological polar surface area (TPSA) is 67.4 Å². The van der Waals surface area contributed by atoms with Gasteiger partial charge in [-0.05, 0) is 37.6 Å². The smallest absolute Gasteiger partial charge is 0.419 e. The molecule has 0 unspecified atom stereocenters. The summed E-state index contributed by atoms with van der Waals surface area (Å²) in [5, 5.41) is 10.4. The van der Waals surface area contributed by atoms with E-state index in [1.165, 1.54) is 23.1 Å². The van der Waals surface area contributed by atoms with Gasteiger partial charge in [0.15, 0.2) is 5.82 Å². The Balaban J connectivity index is 1.56. The molecule has 2 aromatic rings. The Bertz CT molecular complexity index is 820. The maximum absolute atomic E-state index is 13.0. The van der Waals surface area contributed by atoms with Crippen molar-refractivity contribution < 1.29 is 22.7 Å². The van der Waals surface area contributed by atoms with Gasteiger partial charge in [-0.25, -0.2) is 4.79 Å². The van der Waals surface area contributed by atoms with Crippen molar-refractivity contribution in [3.05, 3.63) is 47.2 Å². The standard InChI is InChI=1S/C17H17F3N4O2/c1-10-7-15(23-22-11(10)2)21-16(25)24-8-12(9-24)26-14-6-4-3-5-13(14)17(18,19)20/h3-7,12H,8-9H2,1-2H3,(H,21,23,25). The highest BCUT2D eigenvalue weighted by Gasteiger charge is 2.37. The average molecular weight is 366 g/mol.